The highest BCUT2D eigenvalue weighted by atomic mass is 16.6. The van der Waals surface area contributed by atoms with E-state index in [4.69, 9.17) is 9.47 Å². The number of hydrogen-bond donors (Lipinski definition) is 1. The van der Waals surface area contributed by atoms with Crippen molar-refractivity contribution in [2.24, 2.45) is 11.8 Å². The first kappa shape index (κ1) is 19.4. The van der Waals surface area contributed by atoms with Crippen molar-refractivity contribution in [1.82, 2.24) is 0 Å². The molecule has 5 atom stereocenters. The van der Waals surface area contributed by atoms with E-state index in [-0.39, 0.29) is 17.8 Å². The Morgan fingerprint density at radius 3 is 2.76 bits per heavy atom. The highest BCUT2D eigenvalue weighted by molar-refractivity contribution is 5.91. The second-order valence-electron chi connectivity index (χ2n) is 7.17. The SMILES string of the molecule is C=C1C(=O)OC2C=C(C)CC(O)C=C(C)C(OC(=O)C(C)CC)CC12. The molecule has 138 valence electrons. The molecule has 2 aliphatic rings. The van der Waals surface area contributed by atoms with Crippen molar-refractivity contribution in [2.75, 3.05) is 0 Å². The van der Waals surface area contributed by atoms with Crippen LogP contribution in [0.5, 0.6) is 0 Å². The monoisotopic (exact) mass is 348 g/mol. The zero-order valence-corrected chi connectivity index (χ0v) is 15.5. The Labute approximate surface area is 149 Å². The quantitative estimate of drug-likeness (QED) is 0.482. The van der Waals surface area contributed by atoms with Gasteiger partial charge in [-0.2, -0.15) is 0 Å². The Kier molecular flexibility index (Phi) is 6.22. The van der Waals surface area contributed by atoms with E-state index in [9.17, 15) is 14.7 Å². The van der Waals surface area contributed by atoms with E-state index in [0.717, 1.165) is 11.1 Å². The lowest BCUT2D eigenvalue weighted by atomic mass is 9.86. The third kappa shape index (κ3) is 4.60. The Morgan fingerprint density at radius 2 is 2.12 bits per heavy atom. The van der Waals surface area contributed by atoms with Crippen LogP contribution in [0.25, 0.3) is 0 Å². The largest absolute Gasteiger partial charge is 0.458 e. The predicted molar refractivity (Wildman–Crippen MR) is 94.6 cm³/mol. The molecule has 5 nitrogen and oxygen atoms in total. The summed E-state index contributed by atoms with van der Waals surface area (Å²) < 4.78 is 11.1. The van der Waals surface area contributed by atoms with Gasteiger partial charge in [-0.3, -0.25) is 4.79 Å². The van der Waals surface area contributed by atoms with E-state index in [2.05, 4.69) is 6.58 Å². The first-order chi connectivity index (χ1) is 11.7. The molecule has 0 spiro atoms. The number of carbonyl (C=O) groups excluding carboxylic acids is 2. The molecular formula is C20H28O5. The summed E-state index contributed by atoms with van der Waals surface area (Å²) in [6, 6.07) is 0. The lowest BCUT2D eigenvalue weighted by Crippen LogP contribution is -2.29. The zero-order valence-electron chi connectivity index (χ0n) is 15.5. The summed E-state index contributed by atoms with van der Waals surface area (Å²) in [7, 11) is 0. The van der Waals surface area contributed by atoms with Crippen molar-refractivity contribution in [1.29, 1.82) is 0 Å². The summed E-state index contributed by atoms with van der Waals surface area (Å²) in [6.45, 7) is 11.4. The lowest BCUT2D eigenvalue weighted by Gasteiger charge is -2.26. The molecule has 25 heavy (non-hydrogen) atoms. The summed E-state index contributed by atoms with van der Waals surface area (Å²) >= 11 is 0. The molecule has 5 heteroatoms. The molecule has 0 amide bonds. The van der Waals surface area contributed by atoms with Crippen LogP contribution in [0, 0.1) is 11.8 Å². The lowest BCUT2D eigenvalue weighted by molar-refractivity contribution is -0.152. The van der Waals surface area contributed by atoms with Crippen LogP contribution < -0.4 is 0 Å². The van der Waals surface area contributed by atoms with E-state index < -0.39 is 24.3 Å². The van der Waals surface area contributed by atoms with Gasteiger partial charge in [0.05, 0.1) is 12.0 Å². The zero-order chi connectivity index (χ0) is 18.7. The van der Waals surface area contributed by atoms with Crippen molar-refractivity contribution in [3.63, 3.8) is 0 Å². The van der Waals surface area contributed by atoms with E-state index >= 15 is 0 Å². The highest BCUT2D eigenvalue weighted by Crippen LogP contribution is 2.35. The van der Waals surface area contributed by atoms with Crippen LogP contribution in [0.15, 0.2) is 35.5 Å². The van der Waals surface area contributed by atoms with Crippen molar-refractivity contribution >= 4 is 11.9 Å². The van der Waals surface area contributed by atoms with Crippen LogP contribution in [0.2, 0.25) is 0 Å². The molecule has 1 fully saturated rings. The molecule has 5 unspecified atom stereocenters. The Hall–Kier alpha value is -1.88. The fourth-order valence-electron chi connectivity index (χ4n) is 3.19. The summed E-state index contributed by atoms with van der Waals surface area (Å²) in [5.41, 5.74) is 2.14. The molecule has 1 aliphatic carbocycles. The molecule has 0 bridgehead atoms. The number of aliphatic hydroxyl groups excluding tert-OH is 1. The minimum absolute atomic E-state index is 0.198. The molecule has 1 saturated heterocycles. The molecule has 1 N–H and O–H groups in total. The summed E-state index contributed by atoms with van der Waals surface area (Å²) in [5, 5.41) is 10.2. The van der Waals surface area contributed by atoms with Gasteiger partial charge < -0.3 is 14.6 Å². The second kappa shape index (κ2) is 8.00. The van der Waals surface area contributed by atoms with Crippen LogP contribution in [-0.4, -0.2) is 35.4 Å². The van der Waals surface area contributed by atoms with Crippen molar-refractivity contribution in [2.45, 2.75) is 65.3 Å². The number of aliphatic hydroxyl groups is 1. The van der Waals surface area contributed by atoms with Crippen LogP contribution in [0.3, 0.4) is 0 Å². The Balaban J connectivity index is 2.33. The average Bonchev–Trinajstić information content (AvgIpc) is 2.79. The van der Waals surface area contributed by atoms with Gasteiger partial charge in [0.15, 0.2) is 0 Å². The first-order valence-electron chi connectivity index (χ1n) is 8.86. The van der Waals surface area contributed by atoms with E-state index in [1.165, 1.54) is 0 Å². The van der Waals surface area contributed by atoms with Gasteiger partial charge in [0.25, 0.3) is 0 Å². The topological polar surface area (TPSA) is 72.8 Å². The van der Waals surface area contributed by atoms with Crippen molar-refractivity contribution < 1.29 is 24.2 Å². The maximum atomic E-state index is 12.3. The molecule has 0 radical (unpaired) electrons. The van der Waals surface area contributed by atoms with Gasteiger partial charge in [-0.15, -0.1) is 0 Å². The number of rotatable bonds is 3. The fraction of sp³-hybridized carbons (Fsp3) is 0.600. The highest BCUT2D eigenvalue weighted by Gasteiger charge is 2.40. The van der Waals surface area contributed by atoms with Gasteiger partial charge >= 0.3 is 11.9 Å². The average molecular weight is 348 g/mol. The molecule has 2 rings (SSSR count). The molecule has 1 aliphatic heterocycles. The standard InChI is InChI=1S/C20H28O5/c1-6-12(3)19(22)24-17-10-16-14(5)20(23)25-18(16)8-11(2)7-15(21)9-13(17)4/h8-9,12,15-18,21H,5-7,10H2,1-4H3. The Morgan fingerprint density at radius 1 is 1.44 bits per heavy atom. The number of fused-ring (bicyclic) bond motifs is 1. The first-order valence-corrected chi connectivity index (χ1v) is 8.86. The minimum atomic E-state index is -0.669. The third-order valence-electron chi connectivity index (χ3n) is 5.03. The van der Waals surface area contributed by atoms with E-state index in [1.807, 2.05) is 33.8 Å². The maximum absolute atomic E-state index is 12.3. The number of carbonyl (C=O) groups is 2. The maximum Gasteiger partial charge on any atom is 0.334 e. The van der Waals surface area contributed by atoms with Crippen molar-refractivity contribution in [3.8, 4) is 0 Å². The molecule has 0 aromatic heterocycles. The Bertz CT molecular complexity index is 616. The smallest absolute Gasteiger partial charge is 0.334 e. The van der Waals surface area contributed by atoms with Crippen LogP contribution in [0.1, 0.15) is 47.0 Å². The molecule has 0 aromatic carbocycles. The third-order valence-corrected chi connectivity index (χ3v) is 5.03. The number of esters is 2. The van der Waals surface area contributed by atoms with Crippen LogP contribution in [-0.2, 0) is 19.1 Å². The van der Waals surface area contributed by atoms with E-state index in [1.54, 1.807) is 6.08 Å². The summed E-state index contributed by atoms with van der Waals surface area (Å²) in [5.74, 6) is -1.12. The minimum Gasteiger partial charge on any atom is -0.458 e. The van der Waals surface area contributed by atoms with Gasteiger partial charge in [-0.05, 0) is 44.8 Å². The van der Waals surface area contributed by atoms with Crippen LogP contribution >= 0.6 is 0 Å². The van der Waals surface area contributed by atoms with Gasteiger partial charge in [0, 0.05) is 11.5 Å². The number of ether oxygens (including phenoxy) is 2. The fourth-order valence-corrected chi connectivity index (χ4v) is 3.19. The normalized spacial score (nSPS) is 31.4. The van der Waals surface area contributed by atoms with Crippen LogP contribution in [0.4, 0.5) is 0 Å². The van der Waals surface area contributed by atoms with Gasteiger partial charge in [0.2, 0.25) is 0 Å². The summed E-state index contributed by atoms with van der Waals surface area (Å²) in [6.07, 6.45) is 3.53. The van der Waals surface area contributed by atoms with E-state index in [0.29, 0.717) is 24.8 Å². The second-order valence-corrected chi connectivity index (χ2v) is 7.17. The molecule has 1 heterocycles. The van der Waals surface area contributed by atoms with Crippen molar-refractivity contribution in [3.05, 3.63) is 35.5 Å². The van der Waals surface area contributed by atoms with Gasteiger partial charge in [-0.25, -0.2) is 4.79 Å². The molecule has 0 aromatic rings. The van der Waals surface area contributed by atoms with Gasteiger partial charge in [-0.1, -0.05) is 32.1 Å². The molecular weight excluding hydrogens is 320 g/mol. The number of hydrogen-bond acceptors (Lipinski definition) is 5. The predicted octanol–water partition coefficient (Wildman–Crippen LogP) is 3.09. The van der Waals surface area contributed by atoms with Gasteiger partial charge in [0.1, 0.15) is 12.2 Å². The summed E-state index contributed by atoms with van der Waals surface area (Å²) in [4.78, 5) is 24.2. The molecule has 0 saturated carbocycles.